The molecule has 0 spiro atoms. The SMILES string of the molecule is CC(C)C(C)CNC1CCSC1C. The number of thioether (sulfide) groups is 1. The van der Waals surface area contributed by atoms with Crippen LogP contribution in [0, 0.1) is 11.8 Å². The number of rotatable bonds is 4. The molecule has 0 aliphatic carbocycles. The smallest absolute Gasteiger partial charge is 0.0191 e. The zero-order chi connectivity index (χ0) is 9.84. The molecule has 0 amide bonds. The van der Waals surface area contributed by atoms with Crippen LogP contribution in [0.4, 0.5) is 0 Å². The second-order valence-electron chi connectivity index (χ2n) is 4.60. The lowest BCUT2D eigenvalue weighted by Gasteiger charge is -2.21. The molecule has 13 heavy (non-hydrogen) atoms. The van der Waals surface area contributed by atoms with Gasteiger partial charge in [0, 0.05) is 11.3 Å². The fourth-order valence-corrected chi connectivity index (χ4v) is 2.80. The lowest BCUT2D eigenvalue weighted by molar-refractivity contribution is 0.366. The molecule has 1 nitrogen and oxygen atoms in total. The molecule has 1 N–H and O–H groups in total. The third kappa shape index (κ3) is 3.51. The fraction of sp³-hybridized carbons (Fsp3) is 1.00. The van der Waals surface area contributed by atoms with E-state index in [1.807, 2.05) is 0 Å². The lowest BCUT2D eigenvalue weighted by atomic mass is 9.97. The van der Waals surface area contributed by atoms with Crippen molar-refractivity contribution in [2.45, 2.75) is 45.4 Å². The van der Waals surface area contributed by atoms with Crippen molar-refractivity contribution < 1.29 is 0 Å². The molecule has 78 valence electrons. The number of nitrogens with one attached hydrogen (secondary N) is 1. The highest BCUT2D eigenvalue weighted by Crippen LogP contribution is 2.26. The minimum absolute atomic E-state index is 0.770. The van der Waals surface area contributed by atoms with E-state index in [4.69, 9.17) is 0 Å². The van der Waals surface area contributed by atoms with E-state index in [-0.39, 0.29) is 0 Å². The quantitative estimate of drug-likeness (QED) is 0.750. The Balaban J connectivity index is 2.18. The summed E-state index contributed by atoms with van der Waals surface area (Å²) in [4.78, 5) is 0. The van der Waals surface area contributed by atoms with Gasteiger partial charge < -0.3 is 5.32 Å². The van der Waals surface area contributed by atoms with Gasteiger partial charge in [0.25, 0.3) is 0 Å². The largest absolute Gasteiger partial charge is 0.313 e. The van der Waals surface area contributed by atoms with Gasteiger partial charge in [-0.25, -0.2) is 0 Å². The van der Waals surface area contributed by atoms with Crippen LogP contribution in [0.2, 0.25) is 0 Å². The van der Waals surface area contributed by atoms with Crippen molar-refractivity contribution in [3.8, 4) is 0 Å². The lowest BCUT2D eigenvalue weighted by Crippen LogP contribution is -2.37. The average molecular weight is 201 g/mol. The first-order valence-electron chi connectivity index (χ1n) is 5.46. The van der Waals surface area contributed by atoms with Gasteiger partial charge in [0.2, 0.25) is 0 Å². The summed E-state index contributed by atoms with van der Waals surface area (Å²) in [6.45, 7) is 10.5. The van der Waals surface area contributed by atoms with Crippen LogP contribution in [0.15, 0.2) is 0 Å². The summed E-state index contributed by atoms with van der Waals surface area (Å²) in [6, 6.07) is 0.770. The fourth-order valence-electron chi connectivity index (χ4n) is 1.57. The summed E-state index contributed by atoms with van der Waals surface area (Å²) in [7, 11) is 0. The van der Waals surface area contributed by atoms with Crippen molar-refractivity contribution in [1.29, 1.82) is 0 Å². The molecule has 3 unspecified atom stereocenters. The van der Waals surface area contributed by atoms with Crippen molar-refractivity contribution in [2.24, 2.45) is 11.8 Å². The summed E-state index contributed by atoms with van der Waals surface area (Å²) < 4.78 is 0. The molecular weight excluding hydrogens is 178 g/mol. The maximum absolute atomic E-state index is 3.69. The third-order valence-electron chi connectivity index (χ3n) is 3.22. The maximum Gasteiger partial charge on any atom is 0.0191 e. The van der Waals surface area contributed by atoms with Gasteiger partial charge in [0.05, 0.1) is 0 Å². The topological polar surface area (TPSA) is 12.0 Å². The summed E-state index contributed by atoms with van der Waals surface area (Å²) >= 11 is 2.10. The number of hydrogen-bond donors (Lipinski definition) is 1. The average Bonchev–Trinajstić information content (AvgIpc) is 2.47. The van der Waals surface area contributed by atoms with Crippen LogP contribution in [0.1, 0.15) is 34.1 Å². The Bertz CT molecular complexity index is 147. The Morgan fingerprint density at radius 3 is 2.54 bits per heavy atom. The van der Waals surface area contributed by atoms with Crippen LogP contribution in [-0.4, -0.2) is 23.6 Å². The zero-order valence-electron chi connectivity index (χ0n) is 9.34. The minimum atomic E-state index is 0.770. The molecule has 0 aromatic rings. The molecule has 0 bridgehead atoms. The Hall–Kier alpha value is 0.310. The highest BCUT2D eigenvalue weighted by Gasteiger charge is 2.23. The first-order chi connectivity index (χ1) is 6.11. The Morgan fingerprint density at radius 2 is 2.08 bits per heavy atom. The predicted molar refractivity (Wildman–Crippen MR) is 62.3 cm³/mol. The number of hydrogen-bond acceptors (Lipinski definition) is 2. The van der Waals surface area contributed by atoms with E-state index in [1.165, 1.54) is 18.7 Å². The molecule has 2 heteroatoms. The summed E-state index contributed by atoms with van der Waals surface area (Å²) in [5.41, 5.74) is 0. The molecule has 0 saturated carbocycles. The first kappa shape index (κ1) is 11.4. The van der Waals surface area contributed by atoms with Crippen molar-refractivity contribution in [3.05, 3.63) is 0 Å². The van der Waals surface area contributed by atoms with Crippen LogP contribution in [-0.2, 0) is 0 Å². The molecule has 1 aliphatic rings. The molecule has 0 aromatic heterocycles. The maximum atomic E-state index is 3.69. The van der Waals surface area contributed by atoms with E-state index >= 15 is 0 Å². The van der Waals surface area contributed by atoms with E-state index in [0.29, 0.717) is 0 Å². The van der Waals surface area contributed by atoms with E-state index in [1.54, 1.807) is 0 Å². The highest BCUT2D eigenvalue weighted by molar-refractivity contribution is 8.00. The monoisotopic (exact) mass is 201 g/mol. The molecular formula is C11H23NS. The minimum Gasteiger partial charge on any atom is -0.313 e. The van der Waals surface area contributed by atoms with Crippen molar-refractivity contribution in [2.75, 3.05) is 12.3 Å². The van der Waals surface area contributed by atoms with Gasteiger partial charge in [-0.3, -0.25) is 0 Å². The van der Waals surface area contributed by atoms with Crippen molar-refractivity contribution in [1.82, 2.24) is 5.32 Å². The van der Waals surface area contributed by atoms with E-state index in [9.17, 15) is 0 Å². The zero-order valence-corrected chi connectivity index (χ0v) is 10.2. The summed E-state index contributed by atoms with van der Waals surface area (Å²) in [5.74, 6) is 2.95. The van der Waals surface area contributed by atoms with Gasteiger partial charge in [0.15, 0.2) is 0 Å². The second-order valence-corrected chi connectivity index (χ2v) is 6.09. The third-order valence-corrected chi connectivity index (χ3v) is 4.54. The molecule has 1 heterocycles. The van der Waals surface area contributed by atoms with Crippen LogP contribution in [0.3, 0.4) is 0 Å². The highest BCUT2D eigenvalue weighted by atomic mass is 32.2. The molecule has 1 fully saturated rings. The van der Waals surface area contributed by atoms with Gasteiger partial charge >= 0.3 is 0 Å². The Kier molecular flexibility index (Phi) is 4.60. The van der Waals surface area contributed by atoms with Gasteiger partial charge in [-0.1, -0.05) is 27.7 Å². The molecule has 0 radical (unpaired) electrons. The van der Waals surface area contributed by atoms with Crippen molar-refractivity contribution in [3.63, 3.8) is 0 Å². The van der Waals surface area contributed by atoms with E-state index in [2.05, 4.69) is 44.8 Å². The van der Waals surface area contributed by atoms with Crippen molar-refractivity contribution >= 4 is 11.8 Å². The van der Waals surface area contributed by atoms with Crippen LogP contribution in [0.25, 0.3) is 0 Å². The molecule has 1 saturated heterocycles. The van der Waals surface area contributed by atoms with E-state index < -0.39 is 0 Å². The summed E-state index contributed by atoms with van der Waals surface area (Å²) in [6.07, 6.45) is 1.36. The first-order valence-corrected chi connectivity index (χ1v) is 6.51. The molecule has 0 aromatic carbocycles. The Morgan fingerprint density at radius 1 is 1.38 bits per heavy atom. The van der Waals surface area contributed by atoms with E-state index in [0.717, 1.165) is 23.1 Å². The van der Waals surface area contributed by atoms with Crippen LogP contribution >= 0.6 is 11.8 Å². The second kappa shape index (κ2) is 5.26. The van der Waals surface area contributed by atoms with Gasteiger partial charge in [-0.2, -0.15) is 11.8 Å². The molecule has 3 atom stereocenters. The summed E-state index contributed by atoms with van der Waals surface area (Å²) in [5, 5.41) is 4.51. The van der Waals surface area contributed by atoms with Gasteiger partial charge in [0.1, 0.15) is 0 Å². The predicted octanol–water partition coefficient (Wildman–Crippen LogP) is 2.76. The molecule has 1 aliphatic heterocycles. The van der Waals surface area contributed by atoms with Crippen LogP contribution < -0.4 is 5.32 Å². The molecule has 1 rings (SSSR count). The van der Waals surface area contributed by atoms with Gasteiger partial charge in [-0.15, -0.1) is 0 Å². The van der Waals surface area contributed by atoms with Gasteiger partial charge in [-0.05, 0) is 30.6 Å². The van der Waals surface area contributed by atoms with Crippen LogP contribution in [0.5, 0.6) is 0 Å². The standard InChI is InChI=1S/C11H23NS/c1-8(2)9(3)7-12-11-5-6-13-10(11)4/h8-12H,5-7H2,1-4H3. The Labute approximate surface area is 87.1 Å². The normalized spacial score (nSPS) is 31.2.